The number of hydrogen-bond donors (Lipinski definition) is 0. The molecule has 0 aromatic carbocycles. The Balaban J connectivity index is 3.16. The van der Waals surface area contributed by atoms with E-state index < -0.39 is 11.7 Å². The van der Waals surface area contributed by atoms with E-state index in [2.05, 4.69) is 31.9 Å². The zero-order valence-corrected chi connectivity index (χ0v) is 9.57. The second-order valence-corrected chi connectivity index (χ2v) is 4.79. The van der Waals surface area contributed by atoms with Gasteiger partial charge in [0.25, 0.3) is 0 Å². The van der Waals surface area contributed by atoms with Gasteiger partial charge in [-0.15, -0.1) is 11.3 Å². The Hall–Kier alpha value is 0.450. The van der Waals surface area contributed by atoms with Crippen LogP contribution in [0, 0.1) is 0 Å². The fourth-order valence-electron chi connectivity index (χ4n) is 0.721. The number of halogens is 5. The highest BCUT2D eigenvalue weighted by molar-refractivity contribution is 9.11. The molecule has 12 heavy (non-hydrogen) atoms. The summed E-state index contributed by atoms with van der Waals surface area (Å²) in [5, 5.41) is 1.33. The number of thiophene rings is 1. The van der Waals surface area contributed by atoms with Crippen molar-refractivity contribution in [1.82, 2.24) is 0 Å². The van der Waals surface area contributed by atoms with Gasteiger partial charge in [0.05, 0.1) is 9.35 Å². The molecule has 0 atom stereocenters. The molecule has 6 heteroatoms. The van der Waals surface area contributed by atoms with Crippen molar-refractivity contribution in [1.29, 1.82) is 0 Å². The molecule has 1 aromatic heterocycles. The molecule has 0 amide bonds. The third-order valence-electron chi connectivity index (χ3n) is 1.28. The molecule has 0 aliphatic rings. The maximum Gasteiger partial charge on any atom is 0.417 e. The summed E-state index contributed by atoms with van der Waals surface area (Å²) in [6.45, 7) is 0. The highest BCUT2D eigenvalue weighted by atomic mass is 79.9. The number of rotatable bonds is 1. The summed E-state index contributed by atoms with van der Waals surface area (Å²) < 4.78 is 37.2. The summed E-state index contributed by atoms with van der Waals surface area (Å²) in [6, 6.07) is 0. The maximum absolute atomic E-state index is 12.2. The van der Waals surface area contributed by atoms with E-state index in [1.54, 1.807) is 0 Å². The molecular weight excluding hydrogens is 321 g/mol. The predicted octanol–water partition coefficient (Wildman–Crippen LogP) is 4.42. The minimum absolute atomic E-state index is 0.214. The van der Waals surface area contributed by atoms with E-state index in [9.17, 15) is 13.2 Å². The van der Waals surface area contributed by atoms with Gasteiger partial charge in [0, 0.05) is 10.7 Å². The normalized spacial score (nSPS) is 12.1. The molecule has 68 valence electrons. The van der Waals surface area contributed by atoms with E-state index in [1.165, 1.54) is 0 Å². The van der Waals surface area contributed by atoms with Crippen LogP contribution in [0.1, 0.15) is 11.1 Å². The number of alkyl halides is 4. The van der Waals surface area contributed by atoms with Crippen molar-refractivity contribution in [2.45, 2.75) is 11.5 Å². The van der Waals surface area contributed by atoms with Gasteiger partial charge in [-0.2, -0.15) is 13.2 Å². The van der Waals surface area contributed by atoms with Gasteiger partial charge in [-0.25, -0.2) is 0 Å². The van der Waals surface area contributed by atoms with Crippen LogP contribution >= 0.6 is 43.2 Å². The maximum atomic E-state index is 12.2. The van der Waals surface area contributed by atoms with Crippen molar-refractivity contribution in [3.05, 3.63) is 20.3 Å². The van der Waals surface area contributed by atoms with Gasteiger partial charge in [0.1, 0.15) is 0 Å². The molecule has 1 aromatic rings. The fraction of sp³-hybridized carbons (Fsp3) is 0.333. The summed E-state index contributed by atoms with van der Waals surface area (Å²) in [5.41, 5.74) is -0.288. The molecule has 0 aliphatic heterocycles. The molecule has 0 aliphatic carbocycles. The summed E-state index contributed by atoms with van der Waals surface area (Å²) in [5.74, 6) is 0. The first kappa shape index (κ1) is 10.5. The van der Waals surface area contributed by atoms with Crippen molar-refractivity contribution in [3.63, 3.8) is 0 Å². The average Bonchev–Trinajstić information content (AvgIpc) is 2.29. The van der Waals surface area contributed by atoms with Crippen molar-refractivity contribution in [2.75, 3.05) is 0 Å². The molecule has 0 N–H and O–H groups in total. The molecule has 0 fully saturated rings. The Morgan fingerprint density at radius 1 is 1.42 bits per heavy atom. The SMILES string of the molecule is FC(F)(F)c1csc(Br)c1CBr. The van der Waals surface area contributed by atoms with Crippen molar-refractivity contribution in [2.24, 2.45) is 0 Å². The van der Waals surface area contributed by atoms with Crippen LogP contribution in [0.15, 0.2) is 9.17 Å². The van der Waals surface area contributed by atoms with Crippen LogP contribution in [0.4, 0.5) is 13.2 Å². The average molecular weight is 324 g/mol. The first-order valence-electron chi connectivity index (χ1n) is 2.86. The zero-order valence-electron chi connectivity index (χ0n) is 5.58. The molecule has 0 spiro atoms. The lowest BCUT2D eigenvalue weighted by atomic mass is 10.2. The van der Waals surface area contributed by atoms with Crippen LogP contribution in [-0.2, 0) is 11.5 Å². The van der Waals surface area contributed by atoms with Crippen LogP contribution in [0.25, 0.3) is 0 Å². The van der Waals surface area contributed by atoms with Gasteiger partial charge in [0.2, 0.25) is 0 Å². The highest BCUT2D eigenvalue weighted by Gasteiger charge is 2.34. The Morgan fingerprint density at radius 2 is 2.00 bits per heavy atom. The molecule has 0 nitrogen and oxygen atoms in total. The van der Waals surface area contributed by atoms with Crippen LogP contribution in [0.3, 0.4) is 0 Å². The Bertz CT molecular complexity index is 279. The Kier molecular flexibility index (Phi) is 3.22. The first-order chi connectivity index (χ1) is 5.46. The molecular formula is C6H3Br2F3S. The van der Waals surface area contributed by atoms with E-state index >= 15 is 0 Å². The minimum atomic E-state index is -4.24. The zero-order chi connectivity index (χ0) is 9.35. The van der Waals surface area contributed by atoms with Crippen LogP contribution in [0.5, 0.6) is 0 Å². The third kappa shape index (κ3) is 2.03. The monoisotopic (exact) mass is 322 g/mol. The van der Waals surface area contributed by atoms with Gasteiger partial charge < -0.3 is 0 Å². The van der Waals surface area contributed by atoms with E-state index in [0.717, 1.165) is 16.7 Å². The lowest BCUT2D eigenvalue weighted by Crippen LogP contribution is -2.05. The molecule has 0 radical (unpaired) electrons. The third-order valence-corrected chi connectivity index (χ3v) is 3.69. The highest BCUT2D eigenvalue weighted by Crippen LogP contribution is 2.39. The van der Waals surface area contributed by atoms with Gasteiger partial charge in [-0.1, -0.05) is 15.9 Å². The lowest BCUT2D eigenvalue weighted by molar-refractivity contribution is -0.137. The van der Waals surface area contributed by atoms with Gasteiger partial charge in [0.15, 0.2) is 0 Å². The van der Waals surface area contributed by atoms with E-state index in [1.807, 2.05) is 0 Å². The van der Waals surface area contributed by atoms with E-state index in [0.29, 0.717) is 3.79 Å². The van der Waals surface area contributed by atoms with Crippen molar-refractivity contribution in [3.8, 4) is 0 Å². The molecule has 0 bridgehead atoms. The van der Waals surface area contributed by atoms with Crippen LogP contribution in [0.2, 0.25) is 0 Å². The van der Waals surface area contributed by atoms with Crippen molar-refractivity contribution >= 4 is 43.2 Å². The molecule has 1 rings (SSSR count). The smallest absolute Gasteiger partial charge is 0.166 e. The quantitative estimate of drug-likeness (QED) is 0.671. The summed E-state index contributed by atoms with van der Waals surface area (Å²) in [7, 11) is 0. The summed E-state index contributed by atoms with van der Waals surface area (Å²) >= 11 is 7.11. The van der Waals surface area contributed by atoms with E-state index in [4.69, 9.17) is 0 Å². The van der Waals surface area contributed by atoms with Gasteiger partial charge in [-0.3, -0.25) is 0 Å². The Morgan fingerprint density at radius 3 is 2.33 bits per heavy atom. The minimum Gasteiger partial charge on any atom is -0.166 e. The standard InChI is InChI=1S/C6H3Br2F3S/c7-1-3-4(6(9,10)11)2-12-5(3)8/h2H,1H2. The molecule has 0 saturated carbocycles. The van der Waals surface area contributed by atoms with Crippen LogP contribution in [-0.4, -0.2) is 0 Å². The van der Waals surface area contributed by atoms with Crippen molar-refractivity contribution < 1.29 is 13.2 Å². The van der Waals surface area contributed by atoms with Gasteiger partial charge >= 0.3 is 6.18 Å². The molecule has 1 heterocycles. The number of hydrogen-bond acceptors (Lipinski definition) is 1. The first-order valence-corrected chi connectivity index (χ1v) is 5.65. The Labute approximate surface area is 88.0 Å². The lowest BCUT2D eigenvalue weighted by Gasteiger charge is -2.05. The van der Waals surface area contributed by atoms with Gasteiger partial charge in [-0.05, 0) is 21.5 Å². The summed E-state index contributed by atoms with van der Waals surface area (Å²) in [4.78, 5) is 0. The molecule has 0 unspecified atom stereocenters. The second-order valence-electron chi connectivity index (χ2n) is 2.03. The second kappa shape index (κ2) is 3.67. The topological polar surface area (TPSA) is 0 Å². The van der Waals surface area contributed by atoms with Crippen LogP contribution < -0.4 is 0 Å². The molecule has 0 saturated heterocycles. The summed E-state index contributed by atoms with van der Waals surface area (Å²) in [6.07, 6.45) is -4.24. The largest absolute Gasteiger partial charge is 0.417 e. The predicted molar refractivity (Wildman–Crippen MR) is 49.7 cm³/mol. The fourth-order valence-corrected chi connectivity index (χ4v) is 3.32. The van der Waals surface area contributed by atoms with E-state index in [-0.39, 0.29) is 10.9 Å².